The molecule has 0 unspecified atom stereocenters. The minimum absolute atomic E-state index is 0.191. The number of sulfonamides is 1. The summed E-state index contributed by atoms with van der Waals surface area (Å²) >= 11 is 1.20. The molecule has 1 amide bonds. The summed E-state index contributed by atoms with van der Waals surface area (Å²) in [5, 5.41) is 7.40. The van der Waals surface area contributed by atoms with Gasteiger partial charge in [0.05, 0.1) is 15.1 Å². The Morgan fingerprint density at radius 3 is 2.69 bits per heavy atom. The Balaban J connectivity index is 1.32. The zero-order chi connectivity index (χ0) is 22.3. The van der Waals surface area contributed by atoms with Crippen LogP contribution >= 0.6 is 11.3 Å². The third-order valence-electron chi connectivity index (χ3n) is 5.88. The molecule has 0 saturated carbocycles. The fourth-order valence-electron chi connectivity index (χ4n) is 4.22. The summed E-state index contributed by atoms with van der Waals surface area (Å²) in [5.74, 6) is 0.330. The number of benzene rings is 1. The zero-order valence-corrected chi connectivity index (χ0v) is 19.1. The largest absolute Gasteiger partial charge is 0.346 e. The number of carbonyl (C=O) groups is 1. The molecule has 3 aromatic rings. The van der Waals surface area contributed by atoms with Crippen LogP contribution in [0, 0.1) is 0 Å². The number of fused-ring (bicyclic) bond motifs is 2. The monoisotopic (exact) mass is 476 g/mol. The molecule has 170 valence electrons. The van der Waals surface area contributed by atoms with Gasteiger partial charge in [0.2, 0.25) is 15.9 Å². The molecule has 32 heavy (non-hydrogen) atoms. The van der Waals surface area contributed by atoms with Gasteiger partial charge in [-0.1, -0.05) is 17.8 Å². The molecule has 12 heteroatoms. The topological polar surface area (TPSA) is 119 Å². The van der Waals surface area contributed by atoms with Crippen molar-refractivity contribution in [2.24, 2.45) is 0 Å². The number of amides is 1. The molecule has 5 rings (SSSR count). The molecule has 0 radical (unpaired) electrons. The van der Waals surface area contributed by atoms with Gasteiger partial charge < -0.3 is 5.32 Å². The second kappa shape index (κ2) is 8.41. The van der Waals surface area contributed by atoms with Gasteiger partial charge >= 0.3 is 5.69 Å². The van der Waals surface area contributed by atoms with E-state index in [1.807, 2.05) is 0 Å². The van der Waals surface area contributed by atoms with Crippen LogP contribution in [0.1, 0.15) is 37.9 Å². The number of aryl methyl sites for hydroxylation is 1. The fraction of sp³-hybridized carbons (Fsp3) is 0.500. The zero-order valence-electron chi connectivity index (χ0n) is 17.5. The lowest BCUT2D eigenvalue weighted by molar-refractivity contribution is -0.117. The predicted molar refractivity (Wildman–Crippen MR) is 120 cm³/mol. The van der Waals surface area contributed by atoms with Crippen LogP contribution in [-0.2, 0) is 34.3 Å². The Hall–Kier alpha value is -2.57. The second-order valence-electron chi connectivity index (χ2n) is 8.13. The first-order valence-electron chi connectivity index (χ1n) is 10.8. The van der Waals surface area contributed by atoms with Crippen molar-refractivity contribution in [3.63, 3.8) is 0 Å². The third-order valence-corrected chi connectivity index (χ3v) is 8.71. The summed E-state index contributed by atoms with van der Waals surface area (Å²) in [6.45, 7) is 1.53. The summed E-state index contributed by atoms with van der Waals surface area (Å²) < 4.78 is 30.6. The van der Waals surface area contributed by atoms with Gasteiger partial charge in [0.25, 0.3) is 0 Å². The van der Waals surface area contributed by atoms with Crippen LogP contribution in [0.15, 0.2) is 27.9 Å². The van der Waals surface area contributed by atoms with E-state index < -0.39 is 15.9 Å². The molecule has 0 atom stereocenters. The molecular formula is C20H24N6O4S2. The van der Waals surface area contributed by atoms with Gasteiger partial charge in [-0.2, -0.15) is 9.40 Å². The molecule has 0 spiro atoms. The van der Waals surface area contributed by atoms with E-state index in [-0.39, 0.29) is 17.1 Å². The molecule has 2 aromatic heterocycles. The van der Waals surface area contributed by atoms with E-state index in [9.17, 15) is 18.0 Å². The standard InChI is InChI=1S/C20H24N6O4S2/c27-18(13-26-20(28)25-11-3-1-2-6-17(25)23-26)22-19-21-15-8-7-14(12-16(15)31-19)32(29,30)24-9-4-5-10-24/h7-8,12H,1-6,9-11,13H2,(H,21,22,27). The number of thiazole rings is 1. The summed E-state index contributed by atoms with van der Waals surface area (Å²) in [7, 11) is -3.52. The van der Waals surface area contributed by atoms with E-state index in [2.05, 4.69) is 15.4 Å². The van der Waals surface area contributed by atoms with Crippen LogP contribution in [0.2, 0.25) is 0 Å². The van der Waals surface area contributed by atoms with Gasteiger partial charge in [0.15, 0.2) is 5.13 Å². The van der Waals surface area contributed by atoms with Crippen LogP contribution in [0.4, 0.5) is 5.13 Å². The Labute approximate surface area is 188 Å². The number of rotatable bonds is 5. The maximum absolute atomic E-state index is 12.8. The van der Waals surface area contributed by atoms with E-state index in [1.54, 1.807) is 22.8 Å². The molecule has 1 fully saturated rings. The first-order valence-corrected chi connectivity index (χ1v) is 13.0. The fourth-order valence-corrected chi connectivity index (χ4v) is 6.76. The molecule has 1 aromatic carbocycles. The van der Waals surface area contributed by atoms with Gasteiger partial charge in [-0.25, -0.2) is 22.9 Å². The van der Waals surface area contributed by atoms with Crippen LogP contribution in [-0.4, -0.2) is 51.1 Å². The normalized spacial score (nSPS) is 17.4. The number of anilines is 1. The van der Waals surface area contributed by atoms with Crippen molar-refractivity contribution in [2.75, 3.05) is 18.4 Å². The minimum Gasteiger partial charge on any atom is -0.300 e. The van der Waals surface area contributed by atoms with E-state index >= 15 is 0 Å². The average Bonchev–Trinajstić information content (AvgIpc) is 3.45. The lowest BCUT2D eigenvalue weighted by atomic mass is 10.2. The van der Waals surface area contributed by atoms with Crippen molar-refractivity contribution in [2.45, 2.75) is 56.5 Å². The number of hydrogen-bond acceptors (Lipinski definition) is 7. The smallest absolute Gasteiger partial charge is 0.300 e. The maximum Gasteiger partial charge on any atom is 0.346 e. The molecule has 1 saturated heterocycles. The summed E-state index contributed by atoms with van der Waals surface area (Å²) in [6, 6.07) is 4.81. The van der Waals surface area contributed by atoms with Gasteiger partial charge in [-0.3, -0.25) is 9.36 Å². The Morgan fingerprint density at radius 2 is 1.88 bits per heavy atom. The molecule has 4 heterocycles. The third kappa shape index (κ3) is 3.97. The Kier molecular flexibility index (Phi) is 5.59. The van der Waals surface area contributed by atoms with Gasteiger partial charge in [0.1, 0.15) is 12.4 Å². The molecule has 2 aliphatic heterocycles. The average molecular weight is 477 g/mol. The van der Waals surface area contributed by atoms with Gasteiger partial charge in [-0.05, 0) is 43.9 Å². The van der Waals surface area contributed by atoms with Gasteiger partial charge in [0, 0.05) is 26.1 Å². The first-order chi connectivity index (χ1) is 15.4. The van der Waals surface area contributed by atoms with Crippen LogP contribution in [0.3, 0.4) is 0 Å². The quantitative estimate of drug-likeness (QED) is 0.600. The first kappa shape index (κ1) is 21.3. The van der Waals surface area contributed by atoms with E-state index in [0.29, 0.717) is 35.0 Å². The molecule has 0 bridgehead atoms. The highest BCUT2D eigenvalue weighted by molar-refractivity contribution is 7.89. The lowest BCUT2D eigenvalue weighted by Gasteiger charge is -2.15. The Bertz CT molecular complexity index is 1330. The summed E-state index contributed by atoms with van der Waals surface area (Å²) in [5.41, 5.74) is 0.342. The number of nitrogens with one attached hydrogen (secondary N) is 1. The number of carbonyl (C=O) groups excluding carboxylic acids is 1. The number of aromatic nitrogens is 4. The highest BCUT2D eigenvalue weighted by Crippen LogP contribution is 2.30. The SMILES string of the molecule is O=C(Cn1nc2n(c1=O)CCCCC2)Nc1nc2ccc(S(=O)(=O)N3CCCC3)cc2s1. The van der Waals surface area contributed by atoms with Crippen LogP contribution < -0.4 is 11.0 Å². The van der Waals surface area contributed by atoms with Crippen molar-refractivity contribution in [3.05, 3.63) is 34.5 Å². The lowest BCUT2D eigenvalue weighted by Crippen LogP contribution is -2.30. The van der Waals surface area contributed by atoms with E-state index in [4.69, 9.17) is 0 Å². The molecule has 10 nitrogen and oxygen atoms in total. The second-order valence-corrected chi connectivity index (χ2v) is 11.1. The molecule has 2 aliphatic rings. The molecule has 1 N–H and O–H groups in total. The predicted octanol–water partition coefficient (Wildman–Crippen LogP) is 1.80. The van der Waals surface area contributed by atoms with Gasteiger partial charge in [-0.15, -0.1) is 0 Å². The highest BCUT2D eigenvalue weighted by Gasteiger charge is 2.27. The Morgan fingerprint density at radius 1 is 1.09 bits per heavy atom. The van der Waals surface area contributed by atoms with Crippen molar-refractivity contribution in [3.8, 4) is 0 Å². The summed E-state index contributed by atoms with van der Waals surface area (Å²) in [6.07, 6.45) is 5.49. The van der Waals surface area contributed by atoms with Crippen molar-refractivity contribution in [1.82, 2.24) is 23.6 Å². The van der Waals surface area contributed by atoms with Crippen molar-refractivity contribution in [1.29, 1.82) is 0 Å². The maximum atomic E-state index is 12.8. The van der Waals surface area contributed by atoms with Crippen LogP contribution in [0.25, 0.3) is 10.2 Å². The minimum atomic E-state index is -3.52. The summed E-state index contributed by atoms with van der Waals surface area (Å²) in [4.78, 5) is 29.7. The van der Waals surface area contributed by atoms with E-state index in [1.165, 1.54) is 20.3 Å². The van der Waals surface area contributed by atoms with Crippen molar-refractivity contribution >= 4 is 42.6 Å². The van der Waals surface area contributed by atoms with Crippen molar-refractivity contribution < 1.29 is 13.2 Å². The number of nitrogens with zero attached hydrogens (tertiary/aromatic N) is 5. The van der Waals surface area contributed by atoms with E-state index in [0.717, 1.165) is 44.3 Å². The number of hydrogen-bond donors (Lipinski definition) is 1. The molecular weight excluding hydrogens is 452 g/mol. The highest BCUT2D eigenvalue weighted by atomic mass is 32.2. The van der Waals surface area contributed by atoms with Crippen LogP contribution in [0.5, 0.6) is 0 Å². The molecule has 0 aliphatic carbocycles.